The number of nitrogens with one attached hydrogen (secondary N) is 2. The van der Waals surface area contributed by atoms with E-state index in [0.29, 0.717) is 13.0 Å². The molecule has 1 heterocycles. The number of alkyl carbamates (subject to hydrolysis) is 1. The summed E-state index contributed by atoms with van der Waals surface area (Å²) in [6.07, 6.45) is 0.133. The van der Waals surface area contributed by atoms with Crippen molar-refractivity contribution in [3.05, 3.63) is 23.8 Å². The van der Waals surface area contributed by atoms with Gasteiger partial charge in [0.2, 0.25) is 0 Å². The third kappa shape index (κ3) is 3.53. The normalized spacial score (nSPS) is 18.2. The number of carbonyl (C=O) groups is 1. The molecule has 0 bridgehead atoms. The molecule has 5 heteroatoms. The molecule has 19 heavy (non-hydrogen) atoms. The highest BCUT2D eigenvalue weighted by Gasteiger charge is 2.24. The molecule has 5 nitrogen and oxygen atoms in total. The van der Waals surface area contributed by atoms with Gasteiger partial charge in [-0.05, 0) is 32.4 Å². The highest BCUT2D eigenvalue weighted by atomic mass is 16.6. The summed E-state index contributed by atoms with van der Waals surface area (Å²) in [7, 11) is 0. The number of nitrogen functional groups attached to an aromatic ring is 1. The summed E-state index contributed by atoms with van der Waals surface area (Å²) in [6, 6.07) is 5.77. The molecular weight excluding hydrogens is 242 g/mol. The number of ether oxygens (including phenoxy) is 1. The lowest BCUT2D eigenvalue weighted by molar-refractivity contribution is 0.0957. The fourth-order valence-electron chi connectivity index (χ4n) is 2.11. The molecule has 4 N–H and O–H groups in total. The van der Waals surface area contributed by atoms with Crippen LogP contribution in [0.15, 0.2) is 18.2 Å². The Morgan fingerprint density at radius 2 is 2.21 bits per heavy atom. The Labute approximate surface area is 113 Å². The van der Waals surface area contributed by atoms with Crippen LogP contribution in [0.5, 0.6) is 0 Å². The summed E-state index contributed by atoms with van der Waals surface area (Å²) in [4.78, 5) is 11.7. The molecule has 1 atom stereocenters. The molecule has 1 aliphatic heterocycles. The van der Waals surface area contributed by atoms with Gasteiger partial charge < -0.3 is 21.1 Å². The molecule has 1 unspecified atom stereocenters. The Morgan fingerprint density at radius 3 is 2.89 bits per heavy atom. The first-order valence-electron chi connectivity index (χ1n) is 6.45. The molecule has 2 rings (SSSR count). The van der Waals surface area contributed by atoms with E-state index in [4.69, 9.17) is 10.5 Å². The van der Waals surface area contributed by atoms with Crippen molar-refractivity contribution in [2.45, 2.75) is 38.8 Å². The van der Waals surface area contributed by atoms with Crippen LogP contribution < -0.4 is 16.4 Å². The maximum Gasteiger partial charge on any atom is 0.407 e. The van der Waals surface area contributed by atoms with Crippen molar-refractivity contribution in [2.24, 2.45) is 0 Å². The van der Waals surface area contributed by atoms with Crippen molar-refractivity contribution < 1.29 is 9.53 Å². The number of carbonyl (C=O) groups excluding carboxylic acids is 1. The van der Waals surface area contributed by atoms with Gasteiger partial charge in [0.15, 0.2) is 0 Å². The van der Waals surface area contributed by atoms with Gasteiger partial charge in [0, 0.05) is 12.0 Å². The number of para-hydroxylation sites is 1. The highest BCUT2D eigenvalue weighted by Crippen LogP contribution is 2.28. The molecule has 1 aromatic carbocycles. The van der Waals surface area contributed by atoms with Gasteiger partial charge in [-0.2, -0.15) is 0 Å². The lowest BCUT2D eigenvalue weighted by Gasteiger charge is -2.28. The maximum atomic E-state index is 11.7. The van der Waals surface area contributed by atoms with Crippen LogP contribution >= 0.6 is 0 Å². The van der Waals surface area contributed by atoms with Gasteiger partial charge >= 0.3 is 6.09 Å². The molecule has 104 valence electrons. The second kappa shape index (κ2) is 4.99. The minimum atomic E-state index is -0.383. The van der Waals surface area contributed by atoms with E-state index in [1.807, 2.05) is 39.0 Å². The lowest BCUT2D eigenvalue weighted by atomic mass is 10.0. The summed E-state index contributed by atoms with van der Waals surface area (Å²) >= 11 is 0. The highest BCUT2D eigenvalue weighted by molar-refractivity contribution is 5.72. The molecule has 0 spiro atoms. The smallest absolute Gasteiger partial charge is 0.407 e. The molecular formula is C14H21N3O2. The number of hydrogen-bond acceptors (Lipinski definition) is 4. The summed E-state index contributed by atoms with van der Waals surface area (Å²) in [6.45, 7) is 6.34. The minimum absolute atomic E-state index is 0.170. The molecule has 0 radical (unpaired) electrons. The molecule has 0 aromatic heterocycles. The number of amides is 1. The lowest BCUT2D eigenvalue weighted by Crippen LogP contribution is -2.44. The fourth-order valence-corrected chi connectivity index (χ4v) is 2.11. The Balaban J connectivity index is 1.97. The van der Waals surface area contributed by atoms with Crippen molar-refractivity contribution in [2.75, 3.05) is 17.6 Å². The number of hydrogen-bond donors (Lipinski definition) is 3. The van der Waals surface area contributed by atoms with Gasteiger partial charge in [0.25, 0.3) is 0 Å². The van der Waals surface area contributed by atoms with E-state index >= 15 is 0 Å². The number of benzene rings is 1. The average molecular weight is 263 g/mol. The van der Waals surface area contributed by atoms with Crippen molar-refractivity contribution in [1.82, 2.24) is 5.32 Å². The monoisotopic (exact) mass is 263 g/mol. The third-order valence-electron chi connectivity index (χ3n) is 2.89. The van der Waals surface area contributed by atoms with Crippen molar-refractivity contribution >= 4 is 17.5 Å². The first-order valence-corrected chi connectivity index (χ1v) is 6.45. The topological polar surface area (TPSA) is 76.4 Å². The van der Waals surface area contributed by atoms with E-state index in [2.05, 4.69) is 10.6 Å². The van der Waals surface area contributed by atoms with Crippen LogP contribution in [0.25, 0.3) is 0 Å². The molecule has 1 aliphatic rings. The SMILES string of the molecule is CC(C)(C)NC(=O)OC1CNc2c(N)cccc2C1. The van der Waals surface area contributed by atoms with Gasteiger partial charge in [0.1, 0.15) is 6.10 Å². The molecule has 0 saturated carbocycles. The summed E-state index contributed by atoms with van der Waals surface area (Å²) < 4.78 is 5.41. The number of rotatable bonds is 1. The van der Waals surface area contributed by atoms with Crippen LogP contribution in [-0.4, -0.2) is 24.3 Å². The molecule has 0 fully saturated rings. The molecule has 1 amide bonds. The van der Waals surface area contributed by atoms with Crippen LogP contribution in [0.1, 0.15) is 26.3 Å². The van der Waals surface area contributed by atoms with Crippen LogP contribution in [0.3, 0.4) is 0 Å². The zero-order valence-corrected chi connectivity index (χ0v) is 11.6. The largest absolute Gasteiger partial charge is 0.444 e. The van der Waals surface area contributed by atoms with Crippen LogP contribution in [0.4, 0.5) is 16.2 Å². The summed E-state index contributed by atoms with van der Waals surface area (Å²) in [5.41, 5.74) is 8.37. The summed E-state index contributed by atoms with van der Waals surface area (Å²) in [5.74, 6) is 0. The zero-order chi connectivity index (χ0) is 14.0. The third-order valence-corrected chi connectivity index (χ3v) is 2.89. The summed E-state index contributed by atoms with van der Waals surface area (Å²) in [5, 5.41) is 6.01. The van der Waals surface area contributed by atoms with E-state index in [1.54, 1.807) is 0 Å². The zero-order valence-electron chi connectivity index (χ0n) is 11.6. The molecule has 1 aromatic rings. The van der Waals surface area contributed by atoms with Gasteiger partial charge in [0.05, 0.1) is 17.9 Å². The minimum Gasteiger partial charge on any atom is -0.444 e. The fraction of sp³-hybridized carbons (Fsp3) is 0.500. The van der Waals surface area contributed by atoms with Gasteiger partial charge in [-0.25, -0.2) is 4.79 Å². The number of anilines is 2. The van der Waals surface area contributed by atoms with Crippen LogP contribution in [0.2, 0.25) is 0 Å². The van der Waals surface area contributed by atoms with Gasteiger partial charge in [-0.1, -0.05) is 12.1 Å². The Morgan fingerprint density at radius 1 is 1.47 bits per heavy atom. The standard InChI is InChI=1S/C14H21N3O2/c1-14(2,3)17-13(18)19-10-7-9-5-4-6-11(15)12(9)16-8-10/h4-6,10,16H,7-8,15H2,1-3H3,(H,17,18). The van der Waals surface area contributed by atoms with Gasteiger partial charge in [-0.3, -0.25) is 0 Å². The number of fused-ring (bicyclic) bond motifs is 1. The van der Waals surface area contributed by atoms with E-state index in [-0.39, 0.29) is 17.7 Å². The second-order valence-corrected chi connectivity index (χ2v) is 5.87. The van der Waals surface area contributed by atoms with E-state index in [9.17, 15) is 4.79 Å². The van der Waals surface area contributed by atoms with E-state index in [0.717, 1.165) is 16.9 Å². The quantitative estimate of drug-likeness (QED) is 0.678. The van der Waals surface area contributed by atoms with Gasteiger partial charge in [-0.15, -0.1) is 0 Å². The van der Waals surface area contributed by atoms with Crippen molar-refractivity contribution in [3.63, 3.8) is 0 Å². The van der Waals surface area contributed by atoms with Crippen LogP contribution in [-0.2, 0) is 11.2 Å². The predicted molar refractivity (Wildman–Crippen MR) is 76.2 cm³/mol. The Hall–Kier alpha value is -1.91. The first-order chi connectivity index (χ1) is 8.85. The maximum absolute atomic E-state index is 11.7. The molecule has 0 saturated heterocycles. The van der Waals surface area contributed by atoms with Crippen LogP contribution in [0, 0.1) is 0 Å². The first kappa shape index (κ1) is 13.5. The van der Waals surface area contributed by atoms with E-state index < -0.39 is 0 Å². The molecule has 0 aliphatic carbocycles. The second-order valence-electron chi connectivity index (χ2n) is 5.87. The van der Waals surface area contributed by atoms with E-state index in [1.165, 1.54) is 0 Å². The predicted octanol–water partition coefficient (Wildman–Crippen LogP) is 2.13. The van der Waals surface area contributed by atoms with Crippen molar-refractivity contribution in [1.29, 1.82) is 0 Å². The average Bonchev–Trinajstić information content (AvgIpc) is 2.26. The van der Waals surface area contributed by atoms with Crippen molar-refractivity contribution in [3.8, 4) is 0 Å². The number of nitrogens with two attached hydrogens (primary N) is 1. The Bertz CT molecular complexity index is 480. The Kier molecular flexibility index (Phi) is 3.55.